The zero-order valence-electron chi connectivity index (χ0n) is 9.30. The van der Waals surface area contributed by atoms with Crippen molar-refractivity contribution in [1.82, 2.24) is 15.0 Å². The van der Waals surface area contributed by atoms with Gasteiger partial charge in [0.2, 0.25) is 0 Å². The molecule has 16 heavy (non-hydrogen) atoms. The Hall–Kier alpha value is -0.520. The van der Waals surface area contributed by atoms with Gasteiger partial charge in [0.05, 0.1) is 17.1 Å². The molecule has 3 rings (SSSR count). The van der Waals surface area contributed by atoms with E-state index >= 15 is 0 Å². The number of hydrogen-bond acceptors (Lipinski definition) is 5. The van der Waals surface area contributed by atoms with Crippen LogP contribution >= 0.6 is 11.5 Å². The van der Waals surface area contributed by atoms with Crippen LogP contribution in [0.15, 0.2) is 6.20 Å². The van der Waals surface area contributed by atoms with Gasteiger partial charge in [-0.15, -0.1) is 5.10 Å². The third-order valence-corrected chi connectivity index (χ3v) is 5.12. The topological polar surface area (TPSA) is 63.8 Å². The summed E-state index contributed by atoms with van der Waals surface area (Å²) in [6, 6.07) is 0.254. The fourth-order valence-corrected chi connectivity index (χ4v) is 4.14. The van der Waals surface area contributed by atoms with Crippen molar-refractivity contribution in [2.75, 3.05) is 0 Å². The summed E-state index contributed by atoms with van der Waals surface area (Å²) in [6.45, 7) is 0. The van der Waals surface area contributed by atoms with Crippen LogP contribution < -0.4 is 11.3 Å². The summed E-state index contributed by atoms with van der Waals surface area (Å²) in [5, 5.41) is 3.89. The van der Waals surface area contributed by atoms with Gasteiger partial charge in [-0.1, -0.05) is 10.9 Å². The average molecular weight is 238 g/mol. The number of hydrazine groups is 1. The monoisotopic (exact) mass is 238 g/mol. The predicted octanol–water partition coefficient (Wildman–Crippen LogP) is 1.87. The van der Waals surface area contributed by atoms with Crippen LogP contribution in [0.25, 0.3) is 0 Å². The Morgan fingerprint density at radius 1 is 1.50 bits per heavy atom. The second-order valence-corrected chi connectivity index (χ2v) is 6.03. The maximum absolute atomic E-state index is 5.64. The van der Waals surface area contributed by atoms with Gasteiger partial charge < -0.3 is 0 Å². The highest BCUT2D eigenvalue weighted by Crippen LogP contribution is 2.50. The first kappa shape index (κ1) is 10.6. The van der Waals surface area contributed by atoms with Gasteiger partial charge in [-0.25, -0.2) is 0 Å². The van der Waals surface area contributed by atoms with Gasteiger partial charge in [0.1, 0.15) is 0 Å². The van der Waals surface area contributed by atoms with E-state index in [1.165, 1.54) is 42.1 Å². The minimum atomic E-state index is 0.254. The van der Waals surface area contributed by atoms with Crippen LogP contribution in [0.4, 0.5) is 0 Å². The molecule has 5 heteroatoms. The third-order valence-electron chi connectivity index (χ3n) is 4.35. The standard InChI is InChI=1S/C11H18N4S/c12-14-10(11-6-13-15-16-11)5-9-4-7-1-2-8(9)3-7/h6-10,14H,1-5,12H2. The molecule has 0 spiro atoms. The fraction of sp³-hybridized carbons (Fsp3) is 0.818. The maximum atomic E-state index is 5.64. The summed E-state index contributed by atoms with van der Waals surface area (Å²) in [4.78, 5) is 1.17. The smallest absolute Gasteiger partial charge is 0.0669 e. The van der Waals surface area contributed by atoms with Crippen molar-refractivity contribution in [2.24, 2.45) is 23.6 Å². The summed E-state index contributed by atoms with van der Waals surface area (Å²) in [5.74, 6) is 8.47. The highest BCUT2D eigenvalue weighted by atomic mass is 32.1. The van der Waals surface area contributed by atoms with E-state index in [1.54, 1.807) is 0 Å². The summed E-state index contributed by atoms with van der Waals surface area (Å²) in [6.07, 6.45) is 8.76. The summed E-state index contributed by atoms with van der Waals surface area (Å²) < 4.78 is 3.91. The molecule has 4 atom stereocenters. The van der Waals surface area contributed by atoms with E-state index in [0.717, 1.165) is 24.2 Å². The lowest BCUT2D eigenvalue weighted by Gasteiger charge is -2.25. The lowest BCUT2D eigenvalue weighted by molar-refractivity contribution is 0.281. The number of aromatic nitrogens is 2. The van der Waals surface area contributed by atoms with Crippen molar-refractivity contribution in [3.63, 3.8) is 0 Å². The van der Waals surface area contributed by atoms with Gasteiger partial charge in [-0.3, -0.25) is 11.3 Å². The van der Waals surface area contributed by atoms with E-state index in [9.17, 15) is 0 Å². The molecule has 0 saturated heterocycles. The zero-order chi connectivity index (χ0) is 11.0. The number of nitrogens with two attached hydrogens (primary N) is 1. The molecule has 2 aliphatic carbocycles. The quantitative estimate of drug-likeness (QED) is 0.621. The molecule has 4 unspecified atom stereocenters. The van der Waals surface area contributed by atoms with Crippen molar-refractivity contribution in [3.8, 4) is 0 Å². The predicted molar refractivity (Wildman–Crippen MR) is 63.5 cm³/mol. The van der Waals surface area contributed by atoms with Crippen LogP contribution in [0.5, 0.6) is 0 Å². The second kappa shape index (κ2) is 4.39. The largest absolute Gasteiger partial charge is 0.271 e. The minimum absolute atomic E-state index is 0.254. The lowest BCUT2D eigenvalue weighted by Crippen LogP contribution is -2.30. The van der Waals surface area contributed by atoms with Crippen LogP contribution in [0, 0.1) is 17.8 Å². The number of nitrogens with one attached hydrogen (secondary N) is 1. The Kier molecular flexibility index (Phi) is 2.91. The Balaban J connectivity index is 1.65. The molecule has 4 nitrogen and oxygen atoms in total. The van der Waals surface area contributed by atoms with Crippen molar-refractivity contribution in [1.29, 1.82) is 0 Å². The van der Waals surface area contributed by atoms with Gasteiger partial charge in [0.25, 0.3) is 0 Å². The molecule has 2 saturated carbocycles. The molecular weight excluding hydrogens is 220 g/mol. The fourth-order valence-electron chi connectivity index (χ4n) is 3.56. The highest BCUT2D eigenvalue weighted by Gasteiger charge is 2.40. The molecule has 0 aliphatic heterocycles. The van der Waals surface area contributed by atoms with Gasteiger partial charge in [-0.05, 0) is 55.0 Å². The molecule has 1 heterocycles. The van der Waals surface area contributed by atoms with E-state index in [1.807, 2.05) is 6.20 Å². The molecule has 0 aromatic carbocycles. The number of rotatable bonds is 4. The average Bonchev–Trinajstić information content (AvgIpc) is 3.01. The third kappa shape index (κ3) is 1.87. The van der Waals surface area contributed by atoms with E-state index in [2.05, 4.69) is 15.0 Å². The minimum Gasteiger partial charge on any atom is -0.271 e. The van der Waals surface area contributed by atoms with Crippen molar-refractivity contribution >= 4 is 11.5 Å². The number of hydrogen-bond donors (Lipinski definition) is 2. The summed E-state index contributed by atoms with van der Waals surface area (Å²) >= 11 is 1.46. The lowest BCUT2D eigenvalue weighted by atomic mass is 9.84. The molecule has 3 N–H and O–H groups in total. The Labute approximate surface area is 99.8 Å². The first-order valence-corrected chi connectivity index (χ1v) is 6.87. The molecule has 1 aromatic heterocycles. The molecule has 0 radical (unpaired) electrons. The molecule has 2 bridgehead atoms. The molecule has 0 amide bonds. The normalized spacial score (nSPS) is 34.4. The molecule has 2 aliphatic rings. The first-order chi connectivity index (χ1) is 7.86. The van der Waals surface area contributed by atoms with E-state index in [-0.39, 0.29) is 6.04 Å². The second-order valence-electron chi connectivity index (χ2n) is 5.21. The van der Waals surface area contributed by atoms with E-state index in [0.29, 0.717) is 0 Å². The van der Waals surface area contributed by atoms with Crippen LogP contribution in [0.2, 0.25) is 0 Å². The van der Waals surface area contributed by atoms with Gasteiger partial charge >= 0.3 is 0 Å². The Morgan fingerprint density at radius 3 is 3.00 bits per heavy atom. The highest BCUT2D eigenvalue weighted by molar-refractivity contribution is 7.05. The van der Waals surface area contributed by atoms with Crippen LogP contribution in [-0.4, -0.2) is 9.59 Å². The van der Waals surface area contributed by atoms with E-state index in [4.69, 9.17) is 5.84 Å². The van der Waals surface area contributed by atoms with Crippen LogP contribution in [0.1, 0.15) is 43.0 Å². The molecule has 1 aromatic rings. The van der Waals surface area contributed by atoms with Gasteiger partial charge in [0, 0.05) is 0 Å². The van der Waals surface area contributed by atoms with Gasteiger partial charge in [-0.2, -0.15) is 0 Å². The summed E-state index contributed by atoms with van der Waals surface area (Å²) in [7, 11) is 0. The number of fused-ring (bicyclic) bond motifs is 2. The Bertz CT molecular complexity index is 340. The van der Waals surface area contributed by atoms with Crippen LogP contribution in [-0.2, 0) is 0 Å². The van der Waals surface area contributed by atoms with Crippen molar-refractivity contribution in [2.45, 2.75) is 38.1 Å². The molecule has 88 valence electrons. The molecule has 2 fully saturated rings. The first-order valence-electron chi connectivity index (χ1n) is 6.10. The maximum Gasteiger partial charge on any atom is 0.0669 e. The summed E-state index contributed by atoms with van der Waals surface area (Å²) in [5.41, 5.74) is 2.92. The zero-order valence-corrected chi connectivity index (χ0v) is 10.1. The van der Waals surface area contributed by atoms with E-state index < -0.39 is 0 Å². The van der Waals surface area contributed by atoms with Gasteiger partial charge in [0.15, 0.2) is 0 Å². The number of nitrogens with zero attached hydrogens (tertiary/aromatic N) is 2. The van der Waals surface area contributed by atoms with Crippen molar-refractivity contribution in [3.05, 3.63) is 11.1 Å². The molecular formula is C11H18N4S. The SMILES string of the molecule is NNC(CC1CC2CCC1C2)c1cnns1. The Morgan fingerprint density at radius 2 is 2.44 bits per heavy atom. The van der Waals surface area contributed by atoms with Crippen molar-refractivity contribution < 1.29 is 0 Å². The van der Waals surface area contributed by atoms with Crippen LogP contribution in [0.3, 0.4) is 0 Å².